The molecule has 2 amide bonds. The van der Waals surface area contributed by atoms with Crippen molar-refractivity contribution in [1.82, 2.24) is 0 Å². The third-order valence-electron chi connectivity index (χ3n) is 4.32. The first kappa shape index (κ1) is 22.7. The Balaban J connectivity index is 1.55. The largest absolute Gasteiger partial charge is 0.495 e. The van der Waals surface area contributed by atoms with Crippen LogP contribution in [-0.2, 0) is 11.0 Å². The van der Waals surface area contributed by atoms with Gasteiger partial charge in [0, 0.05) is 11.3 Å². The van der Waals surface area contributed by atoms with Crippen molar-refractivity contribution in [3.05, 3.63) is 83.9 Å². The molecule has 0 fully saturated rings. The smallest absolute Gasteiger partial charge is 0.416 e. The molecule has 6 nitrogen and oxygen atoms in total. The fourth-order valence-corrected chi connectivity index (χ4v) is 2.76. The quantitative estimate of drug-likeness (QED) is 0.539. The van der Waals surface area contributed by atoms with Crippen molar-refractivity contribution in [2.24, 2.45) is 0 Å². The fraction of sp³-hybridized carbons (Fsp3) is 0.130. The van der Waals surface area contributed by atoms with E-state index in [1.807, 2.05) is 0 Å². The third kappa shape index (κ3) is 6.00. The second-order valence-electron chi connectivity index (χ2n) is 6.59. The van der Waals surface area contributed by atoms with Gasteiger partial charge in [0.1, 0.15) is 11.5 Å². The van der Waals surface area contributed by atoms with Crippen LogP contribution in [0.3, 0.4) is 0 Å². The summed E-state index contributed by atoms with van der Waals surface area (Å²) in [4.78, 5) is 24.5. The first-order valence-electron chi connectivity index (χ1n) is 9.40. The molecule has 0 saturated carbocycles. The predicted molar refractivity (Wildman–Crippen MR) is 113 cm³/mol. The van der Waals surface area contributed by atoms with E-state index in [1.165, 1.54) is 43.5 Å². The Kier molecular flexibility index (Phi) is 6.99. The molecule has 0 radical (unpaired) electrons. The number of nitrogens with one attached hydrogen (secondary N) is 2. The second kappa shape index (κ2) is 9.86. The summed E-state index contributed by atoms with van der Waals surface area (Å²) in [5.41, 5.74) is 0.409. The molecule has 0 aliphatic rings. The Morgan fingerprint density at radius 3 is 2.31 bits per heavy atom. The Bertz CT molecular complexity index is 1100. The van der Waals surface area contributed by atoms with E-state index in [4.69, 9.17) is 9.47 Å². The van der Waals surface area contributed by atoms with E-state index in [9.17, 15) is 22.8 Å². The monoisotopic (exact) mass is 444 g/mol. The van der Waals surface area contributed by atoms with Crippen molar-refractivity contribution >= 4 is 23.2 Å². The number of benzene rings is 3. The highest BCUT2D eigenvalue weighted by molar-refractivity contribution is 6.05. The molecule has 9 heteroatoms. The number of carbonyl (C=O) groups excluding carboxylic acids is 2. The number of para-hydroxylation sites is 2. The average Bonchev–Trinajstić information content (AvgIpc) is 2.78. The van der Waals surface area contributed by atoms with Gasteiger partial charge >= 0.3 is 6.18 Å². The number of rotatable bonds is 7. The van der Waals surface area contributed by atoms with Gasteiger partial charge in [-0.25, -0.2) is 0 Å². The van der Waals surface area contributed by atoms with Gasteiger partial charge in [0.15, 0.2) is 6.61 Å². The molecule has 0 spiro atoms. The summed E-state index contributed by atoms with van der Waals surface area (Å²) in [5, 5.41) is 5.29. The Morgan fingerprint density at radius 1 is 0.906 bits per heavy atom. The van der Waals surface area contributed by atoms with Crippen LogP contribution in [0.25, 0.3) is 0 Å². The molecule has 32 heavy (non-hydrogen) atoms. The zero-order valence-corrected chi connectivity index (χ0v) is 16.9. The van der Waals surface area contributed by atoms with Crippen LogP contribution in [0.1, 0.15) is 15.9 Å². The molecule has 3 rings (SSSR count). The number of hydrogen-bond acceptors (Lipinski definition) is 4. The molecular weight excluding hydrogens is 425 g/mol. The van der Waals surface area contributed by atoms with E-state index in [0.717, 1.165) is 12.1 Å². The van der Waals surface area contributed by atoms with Crippen molar-refractivity contribution in [1.29, 1.82) is 0 Å². The molecule has 0 unspecified atom stereocenters. The minimum atomic E-state index is -4.50. The van der Waals surface area contributed by atoms with Crippen LogP contribution in [0.5, 0.6) is 11.5 Å². The van der Waals surface area contributed by atoms with Crippen molar-refractivity contribution < 1.29 is 32.2 Å². The van der Waals surface area contributed by atoms with Crippen LogP contribution in [0.15, 0.2) is 72.8 Å². The molecule has 166 valence electrons. The van der Waals surface area contributed by atoms with E-state index in [-0.39, 0.29) is 11.7 Å². The number of ether oxygens (including phenoxy) is 2. The lowest BCUT2D eigenvalue weighted by atomic mass is 10.2. The van der Waals surface area contributed by atoms with E-state index >= 15 is 0 Å². The fourth-order valence-electron chi connectivity index (χ4n) is 2.76. The zero-order chi connectivity index (χ0) is 23.1. The Labute approximate surface area is 182 Å². The number of methoxy groups -OCH3 is 1. The Hall–Kier alpha value is -4.01. The summed E-state index contributed by atoms with van der Waals surface area (Å²) in [6.07, 6.45) is -4.50. The summed E-state index contributed by atoms with van der Waals surface area (Å²) in [5.74, 6) is -0.474. The number of amides is 2. The van der Waals surface area contributed by atoms with Gasteiger partial charge in [0.25, 0.3) is 11.8 Å². The molecule has 0 heterocycles. The average molecular weight is 444 g/mol. The zero-order valence-electron chi connectivity index (χ0n) is 16.9. The molecular formula is C23H19F3N2O4. The van der Waals surface area contributed by atoms with Crippen LogP contribution in [0.4, 0.5) is 24.5 Å². The Morgan fingerprint density at radius 2 is 1.62 bits per heavy atom. The number of alkyl halides is 3. The van der Waals surface area contributed by atoms with Crippen molar-refractivity contribution in [2.45, 2.75) is 6.18 Å². The van der Waals surface area contributed by atoms with Crippen LogP contribution in [0, 0.1) is 0 Å². The summed E-state index contributed by atoms with van der Waals surface area (Å²) in [7, 11) is 1.50. The van der Waals surface area contributed by atoms with Crippen molar-refractivity contribution in [3.8, 4) is 11.5 Å². The number of anilines is 2. The normalized spacial score (nSPS) is 10.9. The minimum absolute atomic E-state index is 0.0710. The molecule has 0 atom stereocenters. The molecule has 3 aromatic rings. The standard InChI is InChI=1S/C23H19F3N2O4/c1-31-20-8-3-2-7-19(20)28-22(30)15-9-11-17(12-10-15)27-21(29)14-32-18-6-4-5-16(13-18)23(24,25)26/h2-13H,14H2,1H3,(H,27,29)(H,28,30). The number of carbonyl (C=O) groups is 2. The van der Waals surface area contributed by atoms with Gasteiger partial charge in [-0.3, -0.25) is 9.59 Å². The van der Waals surface area contributed by atoms with Gasteiger partial charge in [-0.1, -0.05) is 18.2 Å². The van der Waals surface area contributed by atoms with Crippen LogP contribution in [0.2, 0.25) is 0 Å². The predicted octanol–water partition coefficient (Wildman–Crippen LogP) is 4.98. The molecule has 0 aliphatic heterocycles. The molecule has 2 N–H and O–H groups in total. The van der Waals surface area contributed by atoms with Gasteiger partial charge in [-0.2, -0.15) is 13.2 Å². The van der Waals surface area contributed by atoms with Gasteiger partial charge < -0.3 is 20.1 Å². The van der Waals surface area contributed by atoms with Gasteiger partial charge in [0.05, 0.1) is 18.4 Å². The first-order valence-corrected chi connectivity index (χ1v) is 9.40. The third-order valence-corrected chi connectivity index (χ3v) is 4.32. The summed E-state index contributed by atoms with van der Waals surface area (Å²) in [6, 6.07) is 17.3. The second-order valence-corrected chi connectivity index (χ2v) is 6.59. The minimum Gasteiger partial charge on any atom is -0.495 e. The highest BCUT2D eigenvalue weighted by atomic mass is 19.4. The SMILES string of the molecule is COc1ccccc1NC(=O)c1ccc(NC(=O)COc2cccc(C(F)(F)F)c2)cc1. The maximum Gasteiger partial charge on any atom is 0.416 e. The van der Waals surface area contributed by atoms with Crippen LogP contribution >= 0.6 is 0 Å². The number of halogens is 3. The highest BCUT2D eigenvalue weighted by Crippen LogP contribution is 2.31. The lowest BCUT2D eigenvalue weighted by molar-refractivity contribution is -0.137. The van der Waals surface area contributed by atoms with Crippen LogP contribution < -0.4 is 20.1 Å². The lowest BCUT2D eigenvalue weighted by Gasteiger charge is -2.11. The maximum atomic E-state index is 12.7. The molecule has 0 saturated heterocycles. The lowest BCUT2D eigenvalue weighted by Crippen LogP contribution is -2.20. The molecule has 0 aromatic heterocycles. The summed E-state index contributed by atoms with van der Waals surface area (Å²) < 4.78 is 48.5. The van der Waals surface area contributed by atoms with Gasteiger partial charge in [0.2, 0.25) is 0 Å². The van der Waals surface area contributed by atoms with Crippen molar-refractivity contribution in [2.75, 3.05) is 24.4 Å². The van der Waals surface area contributed by atoms with E-state index in [0.29, 0.717) is 22.7 Å². The molecule has 0 bridgehead atoms. The van der Waals surface area contributed by atoms with Gasteiger partial charge in [-0.15, -0.1) is 0 Å². The van der Waals surface area contributed by atoms with E-state index < -0.39 is 24.3 Å². The van der Waals surface area contributed by atoms with Crippen molar-refractivity contribution in [3.63, 3.8) is 0 Å². The summed E-state index contributed by atoms with van der Waals surface area (Å²) in [6.45, 7) is -0.475. The van der Waals surface area contributed by atoms with Gasteiger partial charge in [-0.05, 0) is 54.6 Å². The maximum absolute atomic E-state index is 12.7. The van der Waals surface area contributed by atoms with E-state index in [2.05, 4.69) is 10.6 Å². The highest BCUT2D eigenvalue weighted by Gasteiger charge is 2.30. The molecule has 3 aromatic carbocycles. The van der Waals surface area contributed by atoms with E-state index in [1.54, 1.807) is 24.3 Å². The summed E-state index contributed by atoms with van der Waals surface area (Å²) >= 11 is 0. The first-order chi connectivity index (χ1) is 15.3. The van der Waals surface area contributed by atoms with Crippen LogP contribution in [-0.4, -0.2) is 25.5 Å². The number of hydrogen-bond donors (Lipinski definition) is 2. The topological polar surface area (TPSA) is 76.7 Å². The molecule has 0 aliphatic carbocycles.